The molecule has 17 heavy (non-hydrogen) atoms. The van der Waals surface area contributed by atoms with E-state index in [1.54, 1.807) is 27.8 Å². The van der Waals surface area contributed by atoms with Crippen molar-refractivity contribution in [3.05, 3.63) is 33.9 Å². The van der Waals surface area contributed by atoms with E-state index in [0.717, 1.165) is 0 Å². The molecule has 2 atom stereocenters. The molecule has 0 saturated carbocycles. The predicted molar refractivity (Wildman–Crippen MR) is 71.8 cm³/mol. The van der Waals surface area contributed by atoms with Crippen molar-refractivity contribution >= 4 is 0 Å². The minimum absolute atomic E-state index is 0.523. The zero-order valence-corrected chi connectivity index (χ0v) is 11.3. The second-order valence-corrected chi connectivity index (χ2v) is 7.20. The van der Waals surface area contributed by atoms with Gasteiger partial charge in [-0.1, -0.05) is 19.9 Å². The Hall–Kier alpha value is -0.780. The van der Waals surface area contributed by atoms with Gasteiger partial charge in [-0.15, -0.1) is 0 Å². The SMILES string of the molecule is Cc1cc2c3c4c1CCC4(C)CCC3(C)CC2. The number of hydrogen-bond donors (Lipinski definition) is 0. The van der Waals surface area contributed by atoms with Crippen molar-refractivity contribution in [1.82, 2.24) is 0 Å². The monoisotopic (exact) mass is 226 g/mol. The van der Waals surface area contributed by atoms with Gasteiger partial charge in [0.25, 0.3) is 0 Å². The van der Waals surface area contributed by atoms with E-state index in [9.17, 15) is 0 Å². The second-order valence-electron chi connectivity index (χ2n) is 7.20. The lowest BCUT2D eigenvalue weighted by atomic mass is 9.63. The van der Waals surface area contributed by atoms with Crippen LogP contribution in [0.2, 0.25) is 0 Å². The molecule has 4 rings (SSSR count). The van der Waals surface area contributed by atoms with Crippen molar-refractivity contribution in [2.24, 2.45) is 0 Å². The van der Waals surface area contributed by atoms with Gasteiger partial charge in [0.2, 0.25) is 0 Å². The van der Waals surface area contributed by atoms with Crippen molar-refractivity contribution in [2.75, 3.05) is 0 Å². The van der Waals surface area contributed by atoms with Gasteiger partial charge in [0.05, 0.1) is 0 Å². The number of hydrogen-bond acceptors (Lipinski definition) is 0. The fourth-order valence-electron chi connectivity index (χ4n) is 4.92. The van der Waals surface area contributed by atoms with Crippen LogP contribution in [0.15, 0.2) is 6.07 Å². The van der Waals surface area contributed by atoms with Crippen molar-refractivity contribution in [1.29, 1.82) is 0 Å². The van der Waals surface area contributed by atoms with E-state index < -0.39 is 0 Å². The summed E-state index contributed by atoms with van der Waals surface area (Å²) >= 11 is 0. The summed E-state index contributed by atoms with van der Waals surface area (Å²) < 4.78 is 0. The lowest BCUT2D eigenvalue weighted by Crippen LogP contribution is -2.34. The summed E-state index contributed by atoms with van der Waals surface area (Å²) in [7, 11) is 0. The Morgan fingerprint density at radius 3 is 2.29 bits per heavy atom. The van der Waals surface area contributed by atoms with Crippen molar-refractivity contribution < 1.29 is 0 Å². The molecule has 3 aliphatic rings. The third kappa shape index (κ3) is 1.05. The molecule has 0 aromatic heterocycles. The molecule has 0 spiro atoms. The number of benzene rings is 1. The zero-order valence-electron chi connectivity index (χ0n) is 11.3. The first-order chi connectivity index (χ1) is 8.04. The number of rotatable bonds is 0. The predicted octanol–water partition coefficient (Wildman–Crippen LogP) is 4.20. The minimum atomic E-state index is 0.523. The van der Waals surface area contributed by atoms with E-state index in [4.69, 9.17) is 0 Å². The molecule has 0 amide bonds. The first kappa shape index (κ1) is 10.2. The second kappa shape index (κ2) is 2.79. The quantitative estimate of drug-likeness (QED) is 0.622. The van der Waals surface area contributed by atoms with E-state index in [2.05, 4.69) is 26.8 Å². The summed E-state index contributed by atoms with van der Waals surface area (Å²) in [6.07, 6.45) is 8.31. The van der Waals surface area contributed by atoms with Crippen LogP contribution in [0.25, 0.3) is 0 Å². The van der Waals surface area contributed by atoms with Crippen LogP contribution in [0.1, 0.15) is 67.3 Å². The smallest absolute Gasteiger partial charge is 0.00659 e. The lowest BCUT2D eigenvalue weighted by molar-refractivity contribution is 0.300. The molecule has 0 nitrogen and oxygen atoms in total. The molecule has 3 aliphatic carbocycles. The molecule has 0 saturated heterocycles. The summed E-state index contributed by atoms with van der Waals surface area (Å²) in [4.78, 5) is 0. The van der Waals surface area contributed by atoms with Gasteiger partial charge in [-0.2, -0.15) is 0 Å². The van der Waals surface area contributed by atoms with Crippen LogP contribution < -0.4 is 0 Å². The highest BCUT2D eigenvalue weighted by molar-refractivity contribution is 5.58. The molecular formula is C17H22. The molecule has 2 unspecified atom stereocenters. The van der Waals surface area contributed by atoms with E-state index in [1.165, 1.54) is 38.5 Å². The van der Waals surface area contributed by atoms with Gasteiger partial charge in [0, 0.05) is 0 Å². The first-order valence-corrected chi connectivity index (χ1v) is 7.20. The fourth-order valence-corrected chi connectivity index (χ4v) is 4.92. The molecule has 0 bridgehead atoms. The van der Waals surface area contributed by atoms with Crippen LogP contribution in [-0.4, -0.2) is 0 Å². The standard InChI is InChI=1S/C17H22/c1-11-10-12-4-6-16(2)8-9-17(3)7-5-13(11)15(17)14(12)16/h10H,4-9H2,1-3H3. The largest absolute Gasteiger partial charge is 0.0555 e. The van der Waals surface area contributed by atoms with Crippen molar-refractivity contribution in [3.8, 4) is 0 Å². The molecule has 90 valence electrons. The van der Waals surface area contributed by atoms with Crippen molar-refractivity contribution in [2.45, 2.75) is 70.1 Å². The Morgan fingerprint density at radius 2 is 1.53 bits per heavy atom. The van der Waals surface area contributed by atoms with Crippen LogP contribution in [-0.2, 0) is 23.7 Å². The Kier molecular flexibility index (Phi) is 1.67. The third-order valence-corrected chi connectivity index (χ3v) is 6.05. The Bertz CT molecular complexity index is 525. The maximum absolute atomic E-state index is 2.52. The summed E-state index contributed by atoms with van der Waals surface area (Å²) in [6.45, 7) is 7.38. The Labute approximate surface area is 104 Å². The molecule has 0 radical (unpaired) electrons. The van der Waals surface area contributed by atoms with Crippen LogP contribution in [0.5, 0.6) is 0 Å². The molecule has 1 aromatic carbocycles. The highest BCUT2D eigenvalue weighted by Gasteiger charge is 2.49. The third-order valence-electron chi connectivity index (χ3n) is 6.05. The molecule has 0 fully saturated rings. The van der Waals surface area contributed by atoms with Crippen LogP contribution in [0.4, 0.5) is 0 Å². The summed E-state index contributed by atoms with van der Waals surface area (Å²) in [5, 5.41) is 0. The van der Waals surface area contributed by atoms with E-state index in [0.29, 0.717) is 10.8 Å². The molecule has 1 aromatic rings. The number of aryl methyl sites for hydroxylation is 2. The average Bonchev–Trinajstić information content (AvgIpc) is 2.78. The Morgan fingerprint density at radius 1 is 0.882 bits per heavy atom. The van der Waals surface area contributed by atoms with Gasteiger partial charge < -0.3 is 0 Å². The van der Waals surface area contributed by atoms with Crippen LogP contribution in [0, 0.1) is 6.92 Å². The van der Waals surface area contributed by atoms with Gasteiger partial charge >= 0.3 is 0 Å². The summed E-state index contributed by atoms with van der Waals surface area (Å²) in [6, 6.07) is 2.51. The average molecular weight is 226 g/mol. The molecular weight excluding hydrogens is 204 g/mol. The molecule has 0 heteroatoms. The first-order valence-electron chi connectivity index (χ1n) is 7.20. The zero-order chi connectivity index (χ0) is 11.8. The van der Waals surface area contributed by atoms with Crippen molar-refractivity contribution in [3.63, 3.8) is 0 Å². The topological polar surface area (TPSA) is 0 Å². The summed E-state index contributed by atoms with van der Waals surface area (Å²) in [5.41, 5.74) is 9.64. The molecule has 0 heterocycles. The van der Waals surface area contributed by atoms with Gasteiger partial charge in [0.15, 0.2) is 0 Å². The maximum Gasteiger partial charge on any atom is -0.00659 e. The van der Waals surface area contributed by atoms with Gasteiger partial charge in [-0.25, -0.2) is 0 Å². The minimum Gasteiger partial charge on any atom is -0.0555 e. The van der Waals surface area contributed by atoms with E-state index in [1.807, 2.05) is 0 Å². The van der Waals surface area contributed by atoms with E-state index >= 15 is 0 Å². The van der Waals surface area contributed by atoms with Crippen LogP contribution >= 0.6 is 0 Å². The van der Waals surface area contributed by atoms with Gasteiger partial charge in [-0.3, -0.25) is 0 Å². The van der Waals surface area contributed by atoms with Gasteiger partial charge in [-0.05, 0) is 84.1 Å². The maximum atomic E-state index is 2.52. The Balaban J connectivity index is 2.13. The highest BCUT2D eigenvalue weighted by atomic mass is 14.5. The van der Waals surface area contributed by atoms with Gasteiger partial charge in [0.1, 0.15) is 0 Å². The lowest BCUT2D eigenvalue weighted by Gasteiger charge is -2.41. The normalized spacial score (nSPS) is 37.4. The fraction of sp³-hybridized carbons (Fsp3) is 0.647. The molecule has 0 aliphatic heterocycles. The van der Waals surface area contributed by atoms with Crippen LogP contribution in [0.3, 0.4) is 0 Å². The van der Waals surface area contributed by atoms with E-state index in [-0.39, 0.29) is 0 Å². The summed E-state index contributed by atoms with van der Waals surface area (Å²) in [5.74, 6) is 0. The highest BCUT2D eigenvalue weighted by Crippen LogP contribution is 2.58. The molecule has 0 N–H and O–H groups in total.